The first-order chi connectivity index (χ1) is 12.7. The number of nitrogens with zero attached hydrogens (tertiary/aromatic N) is 4. The third kappa shape index (κ3) is 3.20. The first-order valence-corrected chi connectivity index (χ1v) is 8.85. The topological polar surface area (TPSA) is 67.8 Å². The van der Waals surface area contributed by atoms with Gasteiger partial charge in [-0.25, -0.2) is 9.97 Å². The Morgan fingerprint density at radius 1 is 1.19 bits per heavy atom. The molecule has 0 spiro atoms. The van der Waals surface area contributed by atoms with Crippen molar-refractivity contribution in [1.29, 1.82) is 0 Å². The van der Waals surface area contributed by atoms with E-state index in [1.807, 2.05) is 24.3 Å². The van der Waals surface area contributed by atoms with Crippen LogP contribution in [0.25, 0.3) is 0 Å². The van der Waals surface area contributed by atoms with Crippen molar-refractivity contribution >= 4 is 23.3 Å². The number of hydrogen-bond acceptors (Lipinski definition) is 6. The van der Waals surface area contributed by atoms with Crippen LogP contribution in [0.4, 0.5) is 5.82 Å². The number of morpholine rings is 1. The van der Waals surface area contributed by atoms with Crippen LogP contribution in [0.15, 0.2) is 24.3 Å². The predicted molar refractivity (Wildman–Crippen MR) is 96.6 cm³/mol. The first-order valence-electron chi connectivity index (χ1n) is 8.47. The molecule has 0 unspecified atom stereocenters. The molecule has 7 nitrogen and oxygen atoms in total. The van der Waals surface area contributed by atoms with Crippen molar-refractivity contribution in [3.63, 3.8) is 0 Å². The summed E-state index contributed by atoms with van der Waals surface area (Å²) in [5.41, 5.74) is 2.27. The number of hydrogen-bond donors (Lipinski definition) is 0. The number of rotatable bonds is 4. The minimum absolute atomic E-state index is 0.102. The fraction of sp³-hybridized carbons (Fsp3) is 0.389. The summed E-state index contributed by atoms with van der Waals surface area (Å²) in [6.07, 6.45) is 0. The summed E-state index contributed by atoms with van der Waals surface area (Å²) >= 11 is 6.09. The Morgan fingerprint density at radius 2 is 1.92 bits per heavy atom. The number of ether oxygens (including phenoxy) is 2. The number of aromatic nitrogens is 2. The molecule has 8 heteroatoms. The number of anilines is 1. The van der Waals surface area contributed by atoms with Crippen molar-refractivity contribution in [2.45, 2.75) is 13.1 Å². The van der Waals surface area contributed by atoms with Gasteiger partial charge in [-0.3, -0.25) is 4.79 Å². The summed E-state index contributed by atoms with van der Waals surface area (Å²) in [5.74, 6) is 1.42. The van der Waals surface area contributed by atoms with Crippen molar-refractivity contribution in [3.05, 3.63) is 46.4 Å². The van der Waals surface area contributed by atoms with E-state index in [2.05, 4.69) is 14.9 Å². The van der Waals surface area contributed by atoms with E-state index >= 15 is 0 Å². The Labute approximate surface area is 156 Å². The Balaban J connectivity index is 1.59. The third-order valence-electron chi connectivity index (χ3n) is 4.64. The van der Waals surface area contributed by atoms with E-state index in [1.165, 1.54) is 0 Å². The van der Waals surface area contributed by atoms with Gasteiger partial charge in [0.2, 0.25) is 5.28 Å². The first kappa shape index (κ1) is 17.1. The summed E-state index contributed by atoms with van der Waals surface area (Å²) in [6.45, 7) is 3.71. The van der Waals surface area contributed by atoms with Crippen LogP contribution in [0.3, 0.4) is 0 Å². The number of methoxy groups -OCH3 is 1. The molecule has 136 valence electrons. The quantitative estimate of drug-likeness (QED) is 0.764. The molecule has 2 aromatic rings. The molecule has 3 heterocycles. The second-order valence-electron chi connectivity index (χ2n) is 6.25. The van der Waals surface area contributed by atoms with Crippen molar-refractivity contribution in [2.24, 2.45) is 0 Å². The maximum absolute atomic E-state index is 12.8. The van der Waals surface area contributed by atoms with Crippen LogP contribution in [0.5, 0.6) is 5.75 Å². The number of carbonyl (C=O) groups is 1. The molecule has 1 fully saturated rings. The van der Waals surface area contributed by atoms with Gasteiger partial charge in [0.25, 0.3) is 5.91 Å². The lowest BCUT2D eigenvalue weighted by Gasteiger charge is -2.29. The van der Waals surface area contributed by atoms with Gasteiger partial charge in [-0.2, -0.15) is 0 Å². The normalized spacial score (nSPS) is 16.8. The SMILES string of the molecule is COc1ccc(CN2Cc3c(nc(Cl)nc3N3CCOCC3)C2=O)cc1. The summed E-state index contributed by atoms with van der Waals surface area (Å²) in [4.78, 5) is 25.3. The number of halogens is 1. The van der Waals surface area contributed by atoms with Crippen molar-refractivity contribution in [3.8, 4) is 5.75 Å². The lowest BCUT2D eigenvalue weighted by atomic mass is 10.2. The maximum atomic E-state index is 12.8. The van der Waals surface area contributed by atoms with E-state index in [4.69, 9.17) is 21.1 Å². The van der Waals surface area contributed by atoms with Crippen molar-refractivity contribution in [1.82, 2.24) is 14.9 Å². The maximum Gasteiger partial charge on any atom is 0.273 e. The molecular weight excluding hydrogens is 356 g/mol. The van der Waals surface area contributed by atoms with Crippen LogP contribution >= 0.6 is 11.6 Å². The van der Waals surface area contributed by atoms with E-state index in [0.717, 1.165) is 35.8 Å². The lowest BCUT2D eigenvalue weighted by Crippen LogP contribution is -2.37. The number of benzene rings is 1. The molecule has 4 rings (SSSR count). The number of amides is 1. The molecule has 1 aromatic heterocycles. The highest BCUT2D eigenvalue weighted by Gasteiger charge is 2.34. The predicted octanol–water partition coefficient (Wildman–Crippen LogP) is 2.13. The summed E-state index contributed by atoms with van der Waals surface area (Å²) in [5, 5.41) is 0.102. The van der Waals surface area contributed by atoms with Crippen LogP contribution in [0.1, 0.15) is 21.6 Å². The minimum Gasteiger partial charge on any atom is -0.497 e. The van der Waals surface area contributed by atoms with E-state index in [0.29, 0.717) is 32.0 Å². The Bertz CT molecular complexity index is 822. The standard InChI is InChI=1S/C18H19ClN4O3/c1-25-13-4-2-12(3-5-13)10-23-11-14-15(17(23)24)20-18(19)21-16(14)22-6-8-26-9-7-22/h2-5H,6-11H2,1H3. The summed E-state index contributed by atoms with van der Waals surface area (Å²) < 4.78 is 10.6. The molecule has 0 N–H and O–H groups in total. The number of carbonyl (C=O) groups excluding carboxylic acids is 1. The van der Waals surface area contributed by atoms with E-state index in [1.54, 1.807) is 12.0 Å². The molecule has 0 bridgehead atoms. The van der Waals surface area contributed by atoms with E-state index in [-0.39, 0.29) is 11.2 Å². The highest BCUT2D eigenvalue weighted by Crippen LogP contribution is 2.31. The molecule has 2 aliphatic heterocycles. The molecule has 0 aliphatic carbocycles. The highest BCUT2D eigenvalue weighted by atomic mass is 35.5. The van der Waals surface area contributed by atoms with Crippen LogP contribution < -0.4 is 9.64 Å². The number of fused-ring (bicyclic) bond motifs is 1. The van der Waals surface area contributed by atoms with E-state index in [9.17, 15) is 4.79 Å². The average Bonchev–Trinajstić information content (AvgIpc) is 2.98. The van der Waals surface area contributed by atoms with Gasteiger partial charge in [0.1, 0.15) is 17.3 Å². The zero-order chi connectivity index (χ0) is 18.1. The van der Waals surface area contributed by atoms with Crippen LogP contribution in [0.2, 0.25) is 5.28 Å². The highest BCUT2D eigenvalue weighted by molar-refractivity contribution is 6.28. The summed E-state index contributed by atoms with van der Waals surface area (Å²) in [6, 6.07) is 7.69. The molecule has 1 saturated heterocycles. The Hall–Kier alpha value is -2.38. The Morgan fingerprint density at radius 3 is 2.62 bits per heavy atom. The molecule has 26 heavy (non-hydrogen) atoms. The molecule has 1 amide bonds. The van der Waals surface area contributed by atoms with Crippen molar-refractivity contribution in [2.75, 3.05) is 38.3 Å². The minimum atomic E-state index is -0.116. The van der Waals surface area contributed by atoms with Gasteiger partial charge in [0.05, 0.1) is 26.9 Å². The smallest absolute Gasteiger partial charge is 0.273 e. The molecule has 0 radical (unpaired) electrons. The van der Waals surface area contributed by atoms with Gasteiger partial charge in [-0.15, -0.1) is 0 Å². The second-order valence-corrected chi connectivity index (χ2v) is 6.59. The Kier molecular flexibility index (Phi) is 4.65. The molecule has 0 atom stereocenters. The molecular formula is C18H19ClN4O3. The van der Waals surface area contributed by atoms with Gasteiger partial charge in [-0.1, -0.05) is 12.1 Å². The van der Waals surface area contributed by atoms with Crippen LogP contribution in [0, 0.1) is 0 Å². The second kappa shape index (κ2) is 7.09. The third-order valence-corrected chi connectivity index (χ3v) is 4.81. The average molecular weight is 375 g/mol. The van der Waals surface area contributed by atoms with Gasteiger partial charge in [-0.05, 0) is 29.3 Å². The van der Waals surface area contributed by atoms with Gasteiger partial charge < -0.3 is 19.3 Å². The van der Waals surface area contributed by atoms with Gasteiger partial charge in [0, 0.05) is 25.2 Å². The molecule has 0 saturated carbocycles. The van der Waals surface area contributed by atoms with E-state index < -0.39 is 0 Å². The zero-order valence-electron chi connectivity index (χ0n) is 14.4. The van der Waals surface area contributed by atoms with Gasteiger partial charge >= 0.3 is 0 Å². The fourth-order valence-corrected chi connectivity index (χ4v) is 3.46. The van der Waals surface area contributed by atoms with Crippen LogP contribution in [-0.2, 0) is 17.8 Å². The largest absolute Gasteiger partial charge is 0.497 e. The molecule has 2 aliphatic rings. The zero-order valence-corrected chi connectivity index (χ0v) is 15.2. The monoisotopic (exact) mass is 374 g/mol. The summed E-state index contributed by atoms with van der Waals surface area (Å²) in [7, 11) is 1.63. The fourth-order valence-electron chi connectivity index (χ4n) is 3.30. The van der Waals surface area contributed by atoms with Crippen LogP contribution in [-0.4, -0.2) is 54.2 Å². The lowest BCUT2D eigenvalue weighted by molar-refractivity contribution is 0.0762. The van der Waals surface area contributed by atoms with Gasteiger partial charge in [0.15, 0.2) is 0 Å². The van der Waals surface area contributed by atoms with Crippen molar-refractivity contribution < 1.29 is 14.3 Å². The molecule has 1 aromatic carbocycles.